The Morgan fingerprint density at radius 2 is 2.10 bits per heavy atom. The molecule has 0 atom stereocenters. The summed E-state index contributed by atoms with van der Waals surface area (Å²) >= 11 is 0. The third-order valence-electron chi connectivity index (χ3n) is 2.97. The van der Waals surface area contributed by atoms with Gasteiger partial charge < -0.3 is 9.64 Å². The molecule has 0 saturated heterocycles. The highest BCUT2D eigenvalue weighted by Gasteiger charge is 2.28. The van der Waals surface area contributed by atoms with E-state index < -0.39 is 5.60 Å². The molecular weight excluding hydrogens is 254 g/mol. The lowest BCUT2D eigenvalue weighted by Gasteiger charge is -2.23. The first kappa shape index (κ1) is 14.8. The number of aromatic nitrogens is 1. The minimum Gasteiger partial charge on any atom is -0.444 e. The average molecular weight is 277 g/mol. The van der Waals surface area contributed by atoms with Crippen molar-refractivity contribution in [3.05, 3.63) is 29.1 Å². The summed E-state index contributed by atoms with van der Waals surface area (Å²) in [4.78, 5) is 20.3. The third kappa shape index (κ3) is 3.70. The number of carbonyl (C=O) groups excluding carboxylic acids is 1. The predicted octanol–water partition coefficient (Wildman–Crippen LogP) is 2.39. The topological polar surface area (TPSA) is 45.7 Å². The molecule has 0 aromatic carbocycles. The number of fused-ring (bicyclic) bond motifs is 1. The van der Waals surface area contributed by atoms with E-state index in [0.717, 1.165) is 17.8 Å². The van der Waals surface area contributed by atoms with Crippen LogP contribution in [0, 0.1) is 0 Å². The monoisotopic (exact) mass is 277 g/mol. The molecule has 0 radical (unpaired) electrons. The Labute approximate surface area is 120 Å². The van der Waals surface area contributed by atoms with Crippen molar-refractivity contribution >= 4 is 6.09 Å². The first-order valence-electron chi connectivity index (χ1n) is 6.84. The minimum absolute atomic E-state index is 0.273. The number of ether oxygens (including phenoxy) is 1. The fourth-order valence-electron chi connectivity index (χ4n) is 2.22. The molecule has 2 heterocycles. The second-order valence-electron chi connectivity index (χ2n) is 6.52. The molecule has 0 aliphatic carbocycles. The summed E-state index contributed by atoms with van der Waals surface area (Å²) in [6.45, 7) is 7.60. The standard InChI is InChI=1S/C15H23N3O2/c1-15(2,3)20-14(19)18-9-12-6-11(8-17(4)5)7-16-13(12)10-18/h6-7H,8-10H2,1-5H3. The van der Waals surface area contributed by atoms with Gasteiger partial charge in [0, 0.05) is 12.7 Å². The van der Waals surface area contributed by atoms with E-state index in [1.807, 2.05) is 41.1 Å². The highest BCUT2D eigenvalue weighted by Crippen LogP contribution is 2.24. The summed E-state index contributed by atoms with van der Waals surface area (Å²) in [6, 6.07) is 2.13. The zero-order chi connectivity index (χ0) is 14.9. The van der Waals surface area contributed by atoms with Crippen molar-refractivity contribution in [1.29, 1.82) is 0 Å². The second kappa shape index (κ2) is 5.40. The van der Waals surface area contributed by atoms with Crippen LogP contribution in [0.25, 0.3) is 0 Å². The molecule has 1 aliphatic heterocycles. The molecule has 0 N–H and O–H groups in total. The Bertz CT molecular complexity index is 506. The molecule has 0 spiro atoms. The van der Waals surface area contributed by atoms with Crippen LogP contribution in [0.15, 0.2) is 12.3 Å². The molecule has 110 valence electrons. The number of nitrogens with zero attached hydrogens (tertiary/aromatic N) is 3. The minimum atomic E-state index is -0.463. The van der Waals surface area contributed by atoms with Gasteiger partial charge in [-0.2, -0.15) is 0 Å². The number of hydrogen-bond donors (Lipinski definition) is 0. The van der Waals surface area contributed by atoms with Crippen LogP contribution in [0.5, 0.6) is 0 Å². The summed E-state index contributed by atoms with van der Waals surface area (Å²) < 4.78 is 5.40. The van der Waals surface area contributed by atoms with Crippen LogP contribution < -0.4 is 0 Å². The number of amides is 1. The van der Waals surface area contributed by atoms with E-state index in [4.69, 9.17) is 4.74 Å². The molecule has 2 rings (SSSR count). The molecule has 1 amide bonds. The van der Waals surface area contributed by atoms with E-state index in [-0.39, 0.29) is 6.09 Å². The van der Waals surface area contributed by atoms with Gasteiger partial charge in [-0.1, -0.05) is 0 Å². The van der Waals surface area contributed by atoms with E-state index in [2.05, 4.69) is 16.0 Å². The highest BCUT2D eigenvalue weighted by molar-refractivity contribution is 5.69. The molecule has 20 heavy (non-hydrogen) atoms. The Balaban J connectivity index is 2.05. The van der Waals surface area contributed by atoms with Crippen LogP contribution in [-0.4, -0.2) is 40.6 Å². The van der Waals surface area contributed by atoms with Gasteiger partial charge in [0.25, 0.3) is 0 Å². The van der Waals surface area contributed by atoms with Crippen LogP contribution >= 0.6 is 0 Å². The Morgan fingerprint density at radius 1 is 1.40 bits per heavy atom. The fourth-order valence-corrected chi connectivity index (χ4v) is 2.22. The number of pyridine rings is 1. The van der Waals surface area contributed by atoms with Crippen LogP contribution in [0.2, 0.25) is 0 Å². The summed E-state index contributed by atoms with van der Waals surface area (Å²) in [7, 11) is 4.06. The largest absolute Gasteiger partial charge is 0.444 e. The number of carbonyl (C=O) groups is 1. The molecule has 5 nitrogen and oxygen atoms in total. The zero-order valence-corrected chi connectivity index (χ0v) is 12.9. The molecule has 1 aromatic rings. The van der Waals surface area contributed by atoms with Gasteiger partial charge in [-0.3, -0.25) is 9.88 Å². The van der Waals surface area contributed by atoms with Gasteiger partial charge in [0.2, 0.25) is 0 Å². The lowest BCUT2D eigenvalue weighted by molar-refractivity contribution is 0.0240. The lowest BCUT2D eigenvalue weighted by Crippen LogP contribution is -2.33. The van der Waals surface area contributed by atoms with E-state index in [1.165, 1.54) is 5.56 Å². The van der Waals surface area contributed by atoms with Crippen molar-refractivity contribution in [1.82, 2.24) is 14.8 Å². The van der Waals surface area contributed by atoms with Gasteiger partial charge in [0.05, 0.1) is 18.8 Å². The zero-order valence-electron chi connectivity index (χ0n) is 12.9. The summed E-state index contributed by atoms with van der Waals surface area (Å²) in [5.41, 5.74) is 2.79. The lowest BCUT2D eigenvalue weighted by atomic mass is 10.1. The van der Waals surface area contributed by atoms with Gasteiger partial charge in [0.15, 0.2) is 0 Å². The van der Waals surface area contributed by atoms with Crippen LogP contribution in [0.1, 0.15) is 37.6 Å². The molecule has 0 bridgehead atoms. The predicted molar refractivity (Wildman–Crippen MR) is 77.1 cm³/mol. The molecular formula is C15H23N3O2. The van der Waals surface area contributed by atoms with Crippen molar-refractivity contribution in [3.63, 3.8) is 0 Å². The Morgan fingerprint density at radius 3 is 2.70 bits per heavy atom. The first-order valence-corrected chi connectivity index (χ1v) is 6.84. The average Bonchev–Trinajstić information content (AvgIpc) is 2.68. The summed E-state index contributed by atoms with van der Waals surface area (Å²) in [5.74, 6) is 0. The van der Waals surface area contributed by atoms with E-state index in [0.29, 0.717) is 13.1 Å². The number of rotatable bonds is 2. The number of hydrogen-bond acceptors (Lipinski definition) is 4. The second-order valence-corrected chi connectivity index (χ2v) is 6.52. The SMILES string of the molecule is CN(C)Cc1cnc2c(c1)CN(C(=O)OC(C)(C)C)C2. The maximum absolute atomic E-state index is 12.1. The van der Waals surface area contributed by atoms with Gasteiger partial charge >= 0.3 is 6.09 Å². The third-order valence-corrected chi connectivity index (χ3v) is 2.97. The molecule has 5 heteroatoms. The van der Waals surface area contributed by atoms with E-state index in [9.17, 15) is 4.79 Å². The van der Waals surface area contributed by atoms with Gasteiger partial charge in [-0.05, 0) is 52.1 Å². The van der Waals surface area contributed by atoms with E-state index >= 15 is 0 Å². The van der Waals surface area contributed by atoms with Crippen molar-refractivity contribution in [3.8, 4) is 0 Å². The fraction of sp³-hybridized carbons (Fsp3) is 0.600. The van der Waals surface area contributed by atoms with Crippen molar-refractivity contribution in [2.45, 2.75) is 46.0 Å². The first-order chi connectivity index (χ1) is 9.24. The van der Waals surface area contributed by atoms with Crippen LogP contribution in [0.3, 0.4) is 0 Å². The smallest absolute Gasteiger partial charge is 0.410 e. The normalized spacial score (nSPS) is 14.6. The summed E-state index contributed by atoms with van der Waals surface area (Å²) in [6.07, 6.45) is 1.61. The van der Waals surface area contributed by atoms with Gasteiger partial charge in [0.1, 0.15) is 5.60 Å². The maximum Gasteiger partial charge on any atom is 0.410 e. The maximum atomic E-state index is 12.1. The van der Waals surface area contributed by atoms with Crippen molar-refractivity contribution in [2.24, 2.45) is 0 Å². The van der Waals surface area contributed by atoms with Crippen LogP contribution in [0.4, 0.5) is 4.79 Å². The van der Waals surface area contributed by atoms with Crippen molar-refractivity contribution in [2.75, 3.05) is 14.1 Å². The Kier molecular flexibility index (Phi) is 3.99. The quantitative estimate of drug-likeness (QED) is 0.832. The summed E-state index contributed by atoms with van der Waals surface area (Å²) in [5, 5.41) is 0. The molecule has 1 aliphatic rings. The highest BCUT2D eigenvalue weighted by atomic mass is 16.6. The van der Waals surface area contributed by atoms with Crippen molar-refractivity contribution < 1.29 is 9.53 Å². The molecule has 0 unspecified atom stereocenters. The van der Waals surface area contributed by atoms with Gasteiger partial charge in [-0.15, -0.1) is 0 Å². The molecule has 0 fully saturated rings. The van der Waals surface area contributed by atoms with Crippen LogP contribution in [-0.2, 0) is 24.4 Å². The Hall–Kier alpha value is -1.62. The molecule has 1 aromatic heterocycles. The molecule has 0 saturated carbocycles. The van der Waals surface area contributed by atoms with E-state index in [1.54, 1.807) is 4.90 Å². The van der Waals surface area contributed by atoms with Gasteiger partial charge in [-0.25, -0.2) is 4.79 Å².